The van der Waals surface area contributed by atoms with Crippen molar-refractivity contribution in [2.24, 2.45) is 0 Å². The molecule has 3 rings (SSSR count). The molecule has 31 heavy (non-hydrogen) atoms. The molecule has 2 aromatic carbocycles. The standard InChI is InChI=1S/C19H13F3N2O6S/c1-2-29-15-7-10(8-16-17(25)23-18(26)31-16)3-5-14(15)30-13-6-4-11(19(20,21)22)9-12(13)24(27)28/h3-9H,2H2,1H3,(H,23,25,26)/b16-8-. The first-order chi connectivity index (χ1) is 14.6. The molecule has 0 bridgehead atoms. The van der Waals surface area contributed by atoms with Crippen LogP contribution in [0.4, 0.5) is 23.7 Å². The quantitative estimate of drug-likeness (QED) is 0.366. The van der Waals surface area contributed by atoms with E-state index in [-0.39, 0.29) is 23.0 Å². The lowest BCUT2D eigenvalue weighted by atomic mass is 10.1. The number of hydrogen-bond acceptors (Lipinski definition) is 7. The van der Waals surface area contributed by atoms with Gasteiger partial charge in [-0.15, -0.1) is 0 Å². The number of nitrogens with one attached hydrogen (secondary N) is 1. The van der Waals surface area contributed by atoms with E-state index in [0.29, 0.717) is 17.7 Å². The number of nitro benzene ring substituents is 1. The molecule has 0 aliphatic carbocycles. The number of nitrogens with zero attached hydrogens (tertiary/aromatic N) is 1. The highest BCUT2D eigenvalue weighted by Crippen LogP contribution is 2.40. The Morgan fingerprint density at radius 1 is 1.13 bits per heavy atom. The van der Waals surface area contributed by atoms with Gasteiger partial charge in [0.1, 0.15) is 0 Å². The molecule has 162 valence electrons. The third-order valence-electron chi connectivity index (χ3n) is 3.91. The molecular formula is C19H13F3N2O6S. The molecule has 0 radical (unpaired) electrons. The number of thioether (sulfide) groups is 1. The number of ether oxygens (including phenoxy) is 2. The Morgan fingerprint density at radius 2 is 1.84 bits per heavy atom. The third kappa shape index (κ3) is 5.15. The average Bonchev–Trinajstić information content (AvgIpc) is 3.00. The van der Waals surface area contributed by atoms with E-state index in [1.54, 1.807) is 6.92 Å². The fourth-order valence-electron chi connectivity index (χ4n) is 2.58. The van der Waals surface area contributed by atoms with Crippen molar-refractivity contribution in [3.05, 3.63) is 62.5 Å². The largest absolute Gasteiger partial charge is 0.490 e. The summed E-state index contributed by atoms with van der Waals surface area (Å²) in [6.07, 6.45) is -3.31. The van der Waals surface area contributed by atoms with Crippen LogP contribution < -0.4 is 14.8 Å². The van der Waals surface area contributed by atoms with Gasteiger partial charge in [-0.2, -0.15) is 13.2 Å². The van der Waals surface area contributed by atoms with E-state index in [1.165, 1.54) is 24.3 Å². The minimum Gasteiger partial charge on any atom is -0.490 e. The van der Waals surface area contributed by atoms with Crippen molar-refractivity contribution in [1.29, 1.82) is 0 Å². The highest BCUT2D eigenvalue weighted by Gasteiger charge is 2.33. The summed E-state index contributed by atoms with van der Waals surface area (Å²) in [7, 11) is 0. The van der Waals surface area contributed by atoms with E-state index in [1.807, 2.05) is 0 Å². The Bertz CT molecular complexity index is 1100. The van der Waals surface area contributed by atoms with Crippen LogP contribution >= 0.6 is 11.8 Å². The molecule has 0 unspecified atom stereocenters. The summed E-state index contributed by atoms with van der Waals surface area (Å²) < 4.78 is 49.6. The maximum atomic E-state index is 12.9. The molecule has 1 N–H and O–H groups in total. The van der Waals surface area contributed by atoms with Crippen molar-refractivity contribution >= 4 is 34.7 Å². The van der Waals surface area contributed by atoms with Gasteiger partial charge in [0.05, 0.1) is 22.0 Å². The predicted molar refractivity (Wildman–Crippen MR) is 105 cm³/mol. The fourth-order valence-corrected chi connectivity index (χ4v) is 3.26. The number of nitro groups is 1. The number of alkyl halides is 3. The van der Waals surface area contributed by atoms with Gasteiger partial charge in [0.15, 0.2) is 11.5 Å². The first-order valence-electron chi connectivity index (χ1n) is 8.63. The molecule has 1 saturated heterocycles. The molecule has 0 aromatic heterocycles. The molecule has 12 heteroatoms. The lowest BCUT2D eigenvalue weighted by molar-refractivity contribution is -0.385. The molecule has 2 amide bonds. The van der Waals surface area contributed by atoms with Gasteiger partial charge in [0.25, 0.3) is 11.1 Å². The molecule has 1 aliphatic rings. The van der Waals surface area contributed by atoms with Crippen LogP contribution in [-0.4, -0.2) is 22.7 Å². The highest BCUT2D eigenvalue weighted by molar-refractivity contribution is 8.18. The SMILES string of the molecule is CCOc1cc(/C=C2\SC(=O)NC2=O)ccc1Oc1ccc(C(F)(F)F)cc1[N+](=O)[O-]. The van der Waals surface area contributed by atoms with Crippen LogP contribution in [0, 0.1) is 10.1 Å². The second-order valence-corrected chi connectivity index (χ2v) is 7.05. The first-order valence-corrected chi connectivity index (χ1v) is 9.45. The molecule has 1 aliphatic heterocycles. The monoisotopic (exact) mass is 454 g/mol. The van der Waals surface area contributed by atoms with Crippen LogP contribution in [0.2, 0.25) is 0 Å². The molecule has 2 aromatic rings. The van der Waals surface area contributed by atoms with Gasteiger partial charge >= 0.3 is 11.9 Å². The second-order valence-electron chi connectivity index (χ2n) is 6.03. The van der Waals surface area contributed by atoms with Gasteiger partial charge in [-0.3, -0.25) is 25.0 Å². The summed E-state index contributed by atoms with van der Waals surface area (Å²) in [5.41, 5.74) is -1.56. The molecule has 8 nitrogen and oxygen atoms in total. The minimum atomic E-state index is -4.75. The maximum Gasteiger partial charge on any atom is 0.416 e. The topological polar surface area (TPSA) is 108 Å². The average molecular weight is 454 g/mol. The predicted octanol–water partition coefficient (Wildman–Crippen LogP) is 5.13. The van der Waals surface area contributed by atoms with E-state index in [9.17, 15) is 32.9 Å². The van der Waals surface area contributed by atoms with Crippen molar-refractivity contribution in [1.82, 2.24) is 5.32 Å². The zero-order valence-electron chi connectivity index (χ0n) is 15.7. The number of carbonyl (C=O) groups excluding carboxylic acids is 2. The van der Waals surface area contributed by atoms with E-state index in [2.05, 4.69) is 5.32 Å². The zero-order chi connectivity index (χ0) is 22.8. The molecule has 0 atom stereocenters. The molecule has 1 fully saturated rings. The lowest BCUT2D eigenvalue weighted by Crippen LogP contribution is -2.17. The maximum absolute atomic E-state index is 12.9. The Hall–Kier alpha value is -3.54. The summed E-state index contributed by atoms with van der Waals surface area (Å²) >= 11 is 0.726. The van der Waals surface area contributed by atoms with Crippen molar-refractivity contribution in [3.8, 4) is 17.2 Å². The van der Waals surface area contributed by atoms with Gasteiger partial charge in [0.2, 0.25) is 5.75 Å². The Balaban J connectivity index is 1.96. The van der Waals surface area contributed by atoms with E-state index in [0.717, 1.165) is 17.8 Å². The number of benzene rings is 2. The number of carbonyl (C=O) groups is 2. The number of amides is 2. The van der Waals surface area contributed by atoms with Crippen LogP contribution in [0.1, 0.15) is 18.1 Å². The van der Waals surface area contributed by atoms with Crippen LogP contribution in [0.15, 0.2) is 41.3 Å². The Morgan fingerprint density at radius 3 is 2.42 bits per heavy atom. The molecule has 1 heterocycles. The number of rotatable bonds is 6. The van der Waals surface area contributed by atoms with Crippen LogP contribution in [0.5, 0.6) is 17.2 Å². The van der Waals surface area contributed by atoms with Gasteiger partial charge in [0, 0.05) is 6.07 Å². The molecular weight excluding hydrogens is 441 g/mol. The highest BCUT2D eigenvalue weighted by atomic mass is 32.2. The minimum absolute atomic E-state index is 0.0199. The first kappa shape index (κ1) is 22.2. The third-order valence-corrected chi connectivity index (χ3v) is 4.72. The van der Waals surface area contributed by atoms with E-state index >= 15 is 0 Å². The lowest BCUT2D eigenvalue weighted by Gasteiger charge is -2.13. The van der Waals surface area contributed by atoms with Crippen molar-refractivity contribution in [3.63, 3.8) is 0 Å². The van der Waals surface area contributed by atoms with Crippen LogP contribution in [-0.2, 0) is 11.0 Å². The van der Waals surface area contributed by atoms with Gasteiger partial charge in [-0.05, 0) is 54.6 Å². The fraction of sp³-hybridized carbons (Fsp3) is 0.158. The zero-order valence-corrected chi connectivity index (χ0v) is 16.5. The number of hydrogen-bond donors (Lipinski definition) is 1. The van der Waals surface area contributed by atoms with Crippen LogP contribution in [0.3, 0.4) is 0 Å². The summed E-state index contributed by atoms with van der Waals surface area (Å²) in [6, 6.07) is 6.28. The summed E-state index contributed by atoms with van der Waals surface area (Å²) in [5, 5.41) is 12.9. The van der Waals surface area contributed by atoms with Crippen LogP contribution in [0.25, 0.3) is 6.08 Å². The number of halogens is 3. The normalized spacial score (nSPS) is 15.2. The summed E-state index contributed by atoms with van der Waals surface area (Å²) in [5.74, 6) is -0.790. The smallest absolute Gasteiger partial charge is 0.416 e. The van der Waals surface area contributed by atoms with Gasteiger partial charge < -0.3 is 9.47 Å². The molecule has 0 spiro atoms. The van der Waals surface area contributed by atoms with E-state index < -0.39 is 39.2 Å². The summed E-state index contributed by atoms with van der Waals surface area (Å²) in [4.78, 5) is 33.4. The molecule has 0 saturated carbocycles. The second kappa shape index (κ2) is 8.68. The van der Waals surface area contributed by atoms with Crippen molar-refractivity contribution in [2.75, 3.05) is 6.61 Å². The van der Waals surface area contributed by atoms with Crippen molar-refractivity contribution in [2.45, 2.75) is 13.1 Å². The summed E-state index contributed by atoms with van der Waals surface area (Å²) in [6.45, 7) is 1.87. The van der Waals surface area contributed by atoms with Gasteiger partial charge in [-0.1, -0.05) is 6.07 Å². The Labute approximate surface area is 177 Å². The Kier molecular flexibility index (Phi) is 6.20. The van der Waals surface area contributed by atoms with E-state index in [4.69, 9.17) is 9.47 Å². The number of imide groups is 1. The van der Waals surface area contributed by atoms with Gasteiger partial charge in [-0.25, -0.2) is 0 Å². The van der Waals surface area contributed by atoms with Crippen molar-refractivity contribution < 1.29 is 37.2 Å².